The molecule has 2 saturated carbocycles. The smallest absolute Gasteiger partial charge is 0.00469 e. The molecule has 0 bridgehead atoms. The zero-order valence-electron chi connectivity index (χ0n) is 8.33. The molecule has 0 saturated heterocycles. The van der Waals surface area contributed by atoms with E-state index in [2.05, 4.69) is 44.2 Å². The van der Waals surface area contributed by atoms with Gasteiger partial charge >= 0.3 is 0 Å². The molecule has 3 rings (SSSR count). The van der Waals surface area contributed by atoms with E-state index < -0.39 is 0 Å². The third-order valence-corrected chi connectivity index (χ3v) is 4.39. The standard InChI is InChI=1S/C13H16/c1-3-11-12-9(2)13(11,12)10-7-5-4-6-8-10/h4-9,11-12H,3H2,1-2H3/t9?,11-,12?,13?/m1/s1. The first-order valence-corrected chi connectivity index (χ1v) is 5.39. The monoisotopic (exact) mass is 172 g/mol. The van der Waals surface area contributed by atoms with Crippen molar-refractivity contribution in [3.8, 4) is 0 Å². The molecule has 0 N–H and O–H groups in total. The van der Waals surface area contributed by atoms with Crippen LogP contribution in [0.3, 0.4) is 0 Å². The Morgan fingerprint density at radius 2 is 1.92 bits per heavy atom. The second-order valence-electron chi connectivity index (χ2n) is 4.63. The average Bonchev–Trinajstić information content (AvgIpc) is 3.04. The summed E-state index contributed by atoms with van der Waals surface area (Å²) in [6.45, 7) is 4.73. The fourth-order valence-corrected chi connectivity index (χ4v) is 3.69. The van der Waals surface area contributed by atoms with Crippen LogP contribution in [-0.4, -0.2) is 0 Å². The van der Waals surface area contributed by atoms with Gasteiger partial charge in [-0.2, -0.15) is 0 Å². The molecule has 3 unspecified atom stereocenters. The molecule has 4 atom stereocenters. The van der Waals surface area contributed by atoms with Gasteiger partial charge in [-0.3, -0.25) is 0 Å². The predicted molar refractivity (Wildman–Crippen MR) is 54.6 cm³/mol. The van der Waals surface area contributed by atoms with Gasteiger partial charge in [-0.05, 0) is 23.3 Å². The van der Waals surface area contributed by atoms with Crippen molar-refractivity contribution in [3.05, 3.63) is 35.9 Å². The highest BCUT2D eigenvalue weighted by Gasteiger charge is 2.83. The molecule has 0 aliphatic heterocycles. The molecule has 68 valence electrons. The fraction of sp³-hybridized carbons (Fsp3) is 0.538. The zero-order valence-corrected chi connectivity index (χ0v) is 8.33. The summed E-state index contributed by atoms with van der Waals surface area (Å²) >= 11 is 0. The molecule has 2 fully saturated rings. The molecule has 2 aliphatic carbocycles. The minimum Gasteiger partial charge on any atom is -0.0651 e. The highest BCUT2D eigenvalue weighted by molar-refractivity contribution is 5.49. The van der Waals surface area contributed by atoms with Crippen LogP contribution in [0.1, 0.15) is 25.8 Å². The Bertz CT molecular complexity index is 321. The molecule has 1 aromatic rings. The van der Waals surface area contributed by atoms with Gasteiger partial charge in [0.25, 0.3) is 0 Å². The summed E-state index contributed by atoms with van der Waals surface area (Å²) in [5.41, 5.74) is 2.23. The van der Waals surface area contributed by atoms with E-state index in [1.165, 1.54) is 6.42 Å². The molecule has 13 heavy (non-hydrogen) atoms. The van der Waals surface area contributed by atoms with E-state index in [1.54, 1.807) is 5.56 Å². The number of benzene rings is 1. The first-order chi connectivity index (χ1) is 6.33. The van der Waals surface area contributed by atoms with Crippen LogP contribution >= 0.6 is 0 Å². The lowest BCUT2D eigenvalue weighted by atomic mass is 9.90. The van der Waals surface area contributed by atoms with Crippen molar-refractivity contribution in [1.29, 1.82) is 0 Å². The summed E-state index contributed by atoms with van der Waals surface area (Å²) in [6.07, 6.45) is 1.36. The van der Waals surface area contributed by atoms with Crippen molar-refractivity contribution in [2.75, 3.05) is 0 Å². The highest BCUT2D eigenvalue weighted by atomic mass is 14.9. The maximum absolute atomic E-state index is 2.41. The Morgan fingerprint density at radius 3 is 2.38 bits per heavy atom. The lowest BCUT2D eigenvalue weighted by molar-refractivity contribution is 0.455. The van der Waals surface area contributed by atoms with Crippen LogP contribution in [0.15, 0.2) is 30.3 Å². The average molecular weight is 172 g/mol. The van der Waals surface area contributed by atoms with Crippen LogP contribution in [0.5, 0.6) is 0 Å². The summed E-state index contributed by atoms with van der Waals surface area (Å²) < 4.78 is 0. The molecular formula is C13H16. The van der Waals surface area contributed by atoms with E-state index in [-0.39, 0.29) is 0 Å². The van der Waals surface area contributed by atoms with Crippen LogP contribution in [0, 0.1) is 17.8 Å². The molecule has 0 amide bonds. The third-order valence-electron chi connectivity index (χ3n) is 4.39. The van der Waals surface area contributed by atoms with Gasteiger partial charge in [0.05, 0.1) is 0 Å². The first kappa shape index (κ1) is 7.61. The minimum absolute atomic E-state index is 0.635. The summed E-state index contributed by atoms with van der Waals surface area (Å²) in [5, 5.41) is 0. The molecule has 1 aromatic carbocycles. The van der Waals surface area contributed by atoms with Gasteiger partial charge < -0.3 is 0 Å². The summed E-state index contributed by atoms with van der Waals surface area (Å²) in [4.78, 5) is 0. The molecule has 0 radical (unpaired) electrons. The van der Waals surface area contributed by atoms with E-state index >= 15 is 0 Å². The van der Waals surface area contributed by atoms with Gasteiger partial charge in [-0.15, -0.1) is 0 Å². The predicted octanol–water partition coefficient (Wildman–Crippen LogP) is 3.23. The minimum atomic E-state index is 0.635. The van der Waals surface area contributed by atoms with E-state index in [1.807, 2.05) is 0 Å². The number of fused-ring (bicyclic) bond motifs is 1. The Labute approximate surface area is 80.0 Å². The summed E-state index contributed by atoms with van der Waals surface area (Å²) in [6, 6.07) is 11.1. The van der Waals surface area contributed by atoms with E-state index in [0.717, 1.165) is 17.8 Å². The van der Waals surface area contributed by atoms with Crippen LogP contribution in [0.2, 0.25) is 0 Å². The Kier molecular flexibility index (Phi) is 1.27. The zero-order chi connectivity index (χ0) is 9.05. The quantitative estimate of drug-likeness (QED) is 0.642. The van der Waals surface area contributed by atoms with Gasteiger partial charge in [0.1, 0.15) is 0 Å². The number of hydrogen-bond donors (Lipinski definition) is 0. The summed E-state index contributed by atoms with van der Waals surface area (Å²) in [7, 11) is 0. The topological polar surface area (TPSA) is 0 Å². The van der Waals surface area contributed by atoms with Crippen molar-refractivity contribution in [1.82, 2.24) is 0 Å². The Hall–Kier alpha value is -0.780. The molecule has 0 heteroatoms. The second-order valence-corrected chi connectivity index (χ2v) is 4.63. The third kappa shape index (κ3) is 0.688. The fourth-order valence-electron chi connectivity index (χ4n) is 3.69. The Morgan fingerprint density at radius 1 is 1.23 bits per heavy atom. The van der Waals surface area contributed by atoms with Gasteiger partial charge in [-0.25, -0.2) is 0 Å². The van der Waals surface area contributed by atoms with E-state index in [4.69, 9.17) is 0 Å². The molecule has 0 spiro atoms. The largest absolute Gasteiger partial charge is 0.0651 e. The van der Waals surface area contributed by atoms with Crippen molar-refractivity contribution in [2.24, 2.45) is 17.8 Å². The van der Waals surface area contributed by atoms with Crippen LogP contribution in [0.25, 0.3) is 0 Å². The number of hydrogen-bond acceptors (Lipinski definition) is 0. The number of rotatable bonds is 2. The maximum atomic E-state index is 2.41. The van der Waals surface area contributed by atoms with Crippen molar-refractivity contribution < 1.29 is 0 Å². The van der Waals surface area contributed by atoms with Gasteiger partial charge in [-0.1, -0.05) is 50.6 Å². The van der Waals surface area contributed by atoms with Crippen molar-refractivity contribution in [2.45, 2.75) is 25.7 Å². The van der Waals surface area contributed by atoms with Crippen molar-refractivity contribution in [3.63, 3.8) is 0 Å². The van der Waals surface area contributed by atoms with Crippen LogP contribution in [0.4, 0.5) is 0 Å². The van der Waals surface area contributed by atoms with Gasteiger partial charge in [0.2, 0.25) is 0 Å². The van der Waals surface area contributed by atoms with Crippen molar-refractivity contribution >= 4 is 0 Å². The maximum Gasteiger partial charge on any atom is 0.00469 e. The molecule has 0 aromatic heterocycles. The molecule has 0 heterocycles. The summed E-state index contributed by atoms with van der Waals surface area (Å²) in [5.74, 6) is 2.99. The molecular weight excluding hydrogens is 156 g/mol. The van der Waals surface area contributed by atoms with Gasteiger partial charge in [0, 0.05) is 5.41 Å². The van der Waals surface area contributed by atoms with E-state index in [9.17, 15) is 0 Å². The van der Waals surface area contributed by atoms with Gasteiger partial charge in [0.15, 0.2) is 0 Å². The Balaban J connectivity index is 1.96. The lowest BCUT2D eigenvalue weighted by Gasteiger charge is -2.14. The molecule has 2 aliphatic rings. The first-order valence-electron chi connectivity index (χ1n) is 5.39. The van der Waals surface area contributed by atoms with Crippen LogP contribution < -0.4 is 0 Å². The second kappa shape index (κ2) is 2.17. The van der Waals surface area contributed by atoms with Crippen LogP contribution in [-0.2, 0) is 5.41 Å². The normalized spacial score (nSPS) is 45.5. The molecule has 0 nitrogen and oxygen atoms in total. The van der Waals surface area contributed by atoms with E-state index in [0.29, 0.717) is 5.41 Å². The highest BCUT2D eigenvalue weighted by Crippen LogP contribution is 2.84. The lowest BCUT2D eigenvalue weighted by Crippen LogP contribution is -2.09. The SMILES string of the molecule is CC[C@@H]1C2C(C)C21c1ccccc1.